The van der Waals surface area contributed by atoms with Crippen molar-refractivity contribution in [3.8, 4) is 0 Å². The summed E-state index contributed by atoms with van der Waals surface area (Å²) >= 11 is 0. The normalized spacial score (nSPS) is 14.3. The van der Waals surface area contributed by atoms with E-state index in [1.165, 1.54) is 28.0 Å². The van der Waals surface area contributed by atoms with Crippen LogP contribution >= 0.6 is 24.8 Å². The number of nitrogens with one attached hydrogen (secondary N) is 1. The van der Waals surface area contributed by atoms with Crippen LogP contribution in [0.15, 0.2) is 79.4 Å². The van der Waals surface area contributed by atoms with Gasteiger partial charge in [-0.2, -0.15) is 0 Å². The molecule has 2 aliphatic heterocycles. The number of hydrogen-bond donors (Lipinski definition) is 1. The SMILES string of the molecule is C1=CN2C=C(c3ccccc3)c3ccccc3C2=CN1.Cl.Cl. The molecule has 0 spiro atoms. The third-order valence-electron chi connectivity index (χ3n) is 3.68. The Kier molecular flexibility index (Phi) is 4.96. The van der Waals surface area contributed by atoms with Gasteiger partial charge in [0.25, 0.3) is 0 Å². The molecular formula is C18H16Cl2N2. The van der Waals surface area contributed by atoms with Gasteiger partial charge in [-0.15, -0.1) is 24.8 Å². The summed E-state index contributed by atoms with van der Waals surface area (Å²) in [5, 5.41) is 3.17. The number of rotatable bonds is 1. The Morgan fingerprint density at radius 2 is 1.45 bits per heavy atom. The Hall–Kier alpha value is -2.16. The average Bonchev–Trinajstić information content (AvgIpc) is 2.55. The summed E-state index contributed by atoms with van der Waals surface area (Å²) in [5.74, 6) is 0. The van der Waals surface area contributed by atoms with Gasteiger partial charge in [0.2, 0.25) is 0 Å². The first kappa shape index (κ1) is 16.2. The molecule has 0 unspecified atom stereocenters. The third kappa shape index (κ3) is 2.63. The lowest BCUT2D eigenvalue weighted by molar-refractivity contribution is 0.693. The summed E-state index contributed by atoms with van der Waals surface area (Å²) in [6, 6.07) is 19.1. The summed E-state index contributed by atoms with van der Waals surface area (Å²) < 4.78 is 0. The molecule has 22 heavy (non-hydrogen) atoms. The Morgan fingerprint density at radius 3 is 2.23 bits per heavy atom. The first-order chi connectivity index (χ1) is 9.93. The van der Waals surface area contributed by atoms with E-state index in [0.29, 0.717) is 0 Å². The minimum absolute atomic E-state index is 0. The molecule has 4 rings (SSSR count). The van der Waals surface area contributed by atoms with E-state index in [1.54, 1.807) is 0 Å². The topological polar surface area (TPSA) is 15.3 Å². The van der Waals surface area contributed by atoms with Crippen molar-refractivity contribution >= 4 is 36.1 Å². The standard InChI is InChI=1S/C18H14N2.2ClH/c1-2-6-14(7-3-1)17-13-20-11-10-19-12-18(20)16-9-5-4-8-15(16)17;;/h1-13,19H;2*1H. The van der Waals surface area contributed by atoms with E-state index in [4.69, 9.17) is 0 Å². The number of nitrogens with zero attached hydrogens (tertiary/aromatic N) is 1. The highest BCUT2D eigenvalue weighted by molar-refractivity contribution is 5.90. The minimum atomic E-state index is 0. The summed E-state index contributed by atoms with van der Waals surface area (Å²) in [4.78, 5) is 2.17. The van der Waals surface area contributed by atoms with Crippen LogP contribution in [0.4, 0.5) is 0 Å². The molecule has 0 fully saturated rings. The second kappa shape index (κ2) is 6.73. The zero-order valence-corrected chi connectivity index (χ0v) is 13.4. The van der Waals surface area contributed by atoms with Gasteiger partial charge in [-0.1, -0.05) is 54.6 Å². The molecule has 0 saturated carbocycles. The van der Waals surface area contributed by atoms with Gasteiger partial charge in [0.05, 0.1) is 5.70 Å². The van der Waals surface area contributed by atoms with Gasteiger partial charge in [0.15, 0.2) is 0 Å². The van der Waals surface area contributed by atoms with Gasteiger partial charge >= 0.3 is 0 Å². The van der Waals surface area contributed by atoms with Gasteiger partial charge in [0, 0.05) is 35.9 Å². The largest absolute Gasteiger partial charge is 0.365 e. The Labute approximate surface area is 142 Å². The molecule has 2 aromatic rings. The molecule has 2 aromatic carbocycles. The van der Waals surface area contributed by atoms with Crippen molar-refractivity contribution < 1.29 is 0 Å². The Bertz CT molecular complexity index is 749. The monoisotopic (exact) mass is 330 g/mol. The van der Waals surface area contributed by atoms with E-state index in [1.807, 2.05) is 18.6 Å². The molecule has 0 radical (unpaired) electrons. The fraction of sp³-hybridized carbons (Fsp3) is 0. The van der Waals surface area contributed by atoms with Gasteiger partial charge in [0.1, 0.15) is 0 Å². The van der Waals surface area contributed by atoms with Gasteiger partial charge in [-0.3, -0.25) is 0 Å². The Morgan fingerprint density at radius 1 is 0.773 bits per heavy atom. The maximum absolute atomic E-state index is 3.17. The number of hydrogen-bond acceptors (Lipinski definition) is 2. The molecule has 0 aliphatic carbocycles. The molecule has 0 amide bonds. The summed E-state index contributed by atoms with van der Waals surface area (Å²) in [6.45, 7) is 0. The summed E-state index contributed by atoms with van der Waals surface area (Å²) in [5.41, 5.74) is 6.21. The predicted octanol–water partition coefficient (Wildman–Crippen LogP) is 4.61. The van der Waals surface area contributed by atoms with E-state index in [9.17, 15) is 0 Å². The van der Waals surface area contributed by atoms with Crippen LogP contribution in [0.1, 0.15) is 16.7 Å². The molecule has 0 bridgehead atoms. The molecule has 2 heterocycles. The van der Waals surface area contributed by atoms with Gasteiger partial charge < -0.3 is 10.2 Å². The third-order valence-corrected chi connectivity index (χ3v) is 3.68. The van der Waals surface area contributed by atoms with Crippen molar-refractivity contribution in [2.45, 2.75) is 0 Å². The molecule has 2 nitrogen and oxygen atoms in total. The van der Waals surface area contributed by atoms with Crippen molar-refractivity contribution in [2.24, 2.45) is 0 Å². The second-order valence-electron chi connectivity index (χ2n) is 4.87. The van der Waals surface area contributed by atoms with Crippen molar-refractivity contribution in [3.63, 3.8) is 0 Å². The molecule has 4 heteroatoms. The number of benzene rings is 2. The van der Waals surface area contributed by atoms with Gasteiger partial charge in [-0.25, -0.2) is 0 Å². The van der Waals surface area contributed by atoms with Crippen molar-refractivity contribution in [2.75, 3.05) is 0 Å². The number of halogens is 2. The van der Waals surface area contributed by atoms with Crippen LogP contribution in [0.3, 0.4) is 0 Å². The fourth-order valence-corrected chi connectivity index (χ4v) is 2.73. The molecule has 0 saturated heterocycles. The molecular weight excluding hydrogens is 315 g/mol. The minimum Gasteiger partial charge on any atom is -0.365 e. The van der Waals surface area contributed by atoms with Crippen LogP contribution in [0.25, 0.3) is 11.3 Å². The second-order valence-corrected chi connectivity index (χ2v) is 4.87. The van der Waals surface area contributed by atoms with E-state index in [-0.39, 0.29) is 24.8 Å². The quantitative estimate of drug-likeness (QED) is 0.821. The first-order valence-corrected chi connectivity index (χ1v) is 6.72. The van der Waals surface area contributed by atoms with Crippen LogP contribution in [0.2, 0.25) is 0 Å². The summed E-state index contributed by atoms with van der Waals surface area (Å²) in [6.07, 6.45) is 8.22. The highest BCUT2D eigenvalue weighted by atomic mass is 35.5. The highest BCUT2D eigenvalue weighted by Crippen LogP contribution is 2.37. The van der Waals surface area contributed by atoms with Crippen LogP contribution in [0, 0.1) is 0 Å². The fourth-order valence-electron chi connectivity index (χ4n) is 2.73. The molecule has 1 N–H and O–H groups in total. The Balaban J connectivity index is 0.000000882. The van der Waals surface area contributed by atoms with Crippen molar-refractivity contribution in [3.05, 3.63) is 96.1 Å². The summed E-state index contributed by atoms with van der Waals surface area (Å²) in [7, 11) is 0. The number of fused-ring (bicyclic) bond motifs is 3. The van der Waals surface area contributed by atoms with Gasteiger partial charge in [-0.05, 0) is 11.1 Å². The predicted molar refractivity (Wildman–Crippen MR) is 96.6 cm³/mol. The highest BCUT2D eigenvalue weighted by Gasteiger charge is 2.22. The molecule has 0 aromatic heterocycles. The van der Waals surface area contributed by atoms with Crippen molar-refractivity contribution in [1.82, 2.24) is 10.2 Å². The van der Waals surface area contributed by atoms with Crippen molar-refractivity contribution in [1.29, 1.82) is 0 Å². The maximum atomic E-state index is 3.17. The molecule has 2 aliphatic rings. The van der Waals surface area contributed by atoms with E-state index >= 15 is 0 Å². The zero-order chi connectivity index (χ0) is 13.4. The first-order valence-electron chi connectivity index (χ1n) is 6.72. The molecule has 0 atom stereocenters. The van der Waals surface area contributed by atoms with Crippen LogP contribution in [0.5, 0.6) is 0 Å². The zero-order valence-electron chi connectivity index (χ0n) is 11.8. The van der Waals surface area contributed by atoms with Crippen LogP contribution in [-0.4, -0.2) is 4.90 Å². The lowest BCUT2D eigenvalue weighted by Crippen LogP contribution is -2.21. The lowest BCUT2D eigenvalue weighted by Gasteiger charge is -2.31. The van der Waals surface area contributed by atoms with Crippen LogP contribution in [-0.2, 0) is 0 Å². The molecule has 112 valence electrons. The van der Waals surface area contributed by atoms with E-state index in [0.717, 1.165) is 0 Å². The smallest absolute Gasteiger partial charge is 0.0690 e. The van der Waals surface area contributed by atoms with E-state index < -0.39 is 0 Å². The lowest BCUT2D eigenvalue weighted by atomic mass is 9.90. The van der Waals surface area contributed by atoms with E-state index in [2.05, 4.69) is 71.0 Å². The maximum Gasteiger partial charge on any atom is 0.0690 e. The van der Waals surface area contributed by atoms with Crippen LogP contribution < -0.4 is 5.32 Å². The average molecular weight is 331 g/mol.